The van der Waals surface area contributed by atoms with Gasteiger partial charge in [0.05, 0.1) is 17.8 Å². The molecule has 1 atom stereocenters. The van der Waals surface area contributed by atoms with E-state index < -0.39 is 11.7 Å². The highest BCUT2D eigenvalue weighted by Gasteiger charge is 2.36. The van der Waals surface area contributed by atoms with E-state index in [1.165, 1.54) is 6.07 Å². The first-order valence-electron chi connectivity index (χ1n) is 9.73. The van der Waals surface area contributed by atoms with Crippen molar-refractivity contribution < 1.29 is 22.8 Å². The van der Waals surface area contributed by atoms with Crippen LogP contribution >= 0.6 is 11.6 Å². The fraction of sp³-hybridized carbons (Fsp3) is 0.364. The van der Waals surface area contributed by atoms with Crippen LogP contribution < -0.4 is 0 Å². The average molecular weight is 437 g/mol. The number of carbonyl (C=O) groups is 1. The van der Waals surface area contributed by atoms with Crippen molar-refractivity contribution in [1.29, 1.82) is 0 Å². The molecule has 1 amide bonds. The second kappa shape index (κ2) is 8.30. The van der Waals surface area contributed by atoms with E-state index in [9.17, 15) is 18.0 Å². The van der Waals surface area contributed by atoms with Gasteiger partial charge in [0.25, 0.3) is 0 Å². The lowest BCUT2D eigenvalue weighted by Gasteiger charge is -2.25. The van der Waals surface area contributed by atoms with Crippen molar-refractivity contribution in [3.05, 3.63) is 70.2 Å². The van der Waals surface area contributed by atoms with Gasteiger partial charge in [-0.2, -0.15) is 13.2 Å². The summed E-state index contributed by atoms with van der Waals surface area (Å²) in [5.41, 5.74) is 1.37. The van der Waals surface area contributed by atoms with Crippen molar-refractivity contribution in [3.63, 3.8) is 0 Å². The lowest BCUT2D eigenvalue weighted by molar-refractivity contribution is -0.137. The van der Waals surface area contributed by atoms with Crippen molar-refractivity contribution >= 4 is 23.2 Å². The zero-order valence-corrected chi connectivity index (χ0v) is 16.8. The molecule has 158 valence electrons. The first-order chi connectivity index (χ1) is 14.3. The quantitative estimate of drug-likeness (QED) is 0.617. The molecule has 1 fully saturated rings. The Morgan fingerprint density at radius 1 is 1.17 bits per heavy atom. The number of rotatable bonds is 6. The molecule has 0 spiro atoms. The highest BCUT2D eigenvalue weighted by molar-refractivity contribution is 6.30. The Morgan fingerprint density at radius 2 is 1.90 bits per heavy atom. The molecule has 0 radical (unpaired) electrons. The van der Waals surface area contributed by atoms with Crippen LogP contribution in [0.4, 0.5) is 13.2 Å². The van der Waals surface area contributed by atoms with E-state index in [1.807, 2.05) is 12.1 Å². The van der Waals surface area contributed by atoms with Gasteiger partial charge in [0.1, 0.15) is 0 Å². The van der Waals surface area contributed by atoms with Gasteiger partial charge in [-0.25, -0.2) is 0 Å². The van der Waals surface area contributed by atoms with Crippen LogP contribution in [0.3, 0.4) is 0 Å². The molecule has 4 nitrogen and oxygen atoms in total. The third-order valence-electron chi connectivity index (χ3n) is 5.20. The average Bonchev–Trinajstić information content (AvgIpc) is 3.46. The van der Waals surface area contributed by atoms with E-state index in [4.69, 9.17) is 16.4 Å². The minimum Gasteiger partial charge on any atom is -0.390 e. The molecule has 1 unspecified atom stereocenters. The van der Waals surface area contributed by atoms with Crippen molar-refractivity contribution in [2.45, 2.75) is 38.1 Å². The normalized spacial score (nSPS) is 18.7. The van der Waals surface area contributed by atoms with Crippen LogP contribution in [0.15, 0.2) is 53.7 Å². The molecule has 0 aromatic heterocycles. The first kappa shape index (κ1) is 20.7. The van der Waals surface area contributed by atoms with Crippen molar-refractivity contribution in [2.75, 3.05) is 6.54 Å². The Kier molecular flexibility index (Phi) is 5.73. The Bertz CT molecular complexity index is 956. The maximum atomic E-state index is 13.0. The number of carbonyl (C=O) groups excluding carboxylic acids is 1. The zero-order valence-electron chi connectivity index (χ0n) is 16.0. The third kappa shape index (κ3) is 4.95. The smallest absolute Gasteiger partial charge is 0.390 e. The van der Waals surface area contributed by atoms with Gasteiger partial charge in [-0.15, -0.1) is 0 Å². The van der Waals surface area contributed by atoms with Crippen LogP contribution in [-0.4, -0.2) is 29.2 Å². The topological polar surface area (TPSA) is 41.9 Å². The molecule has 0 N–H and O–H groups in total. The van der Waals surface area contributed by atoms with Crippen LogP contribution in [-0.2, 0) is 22.4 Å². The number of oxime groups is 1. The molecule has 30 heavy (non-hydrogen) atoms. The van der Waals surface area contributed by atoms with Crippen molar-refractivity contribution in [3.8, 4) is 0 Å². The van der Waals surface area contributed by atoms with E-state index in [1.54, 1.807) is 23.1 Å². The molecule has 1 aliphatic heterocycles. The fourth-order valence-corrected chi connectivity index (χ4v) is 3.60. The summed E-state index contributed by atoms with van der Waals surface area (Å²) in [6, 6.07) is 12.3. The Morgan fingerprint density at radius 3 is 2.57 bits per heavy atom. The molecular formula is C22H20ClF3N2O2. The van der Waals surface area contributed by atoms with Crippen LogP contribution in [0.25, 0.3) is 0 Å². The van der Waals surface area contributed by atoms with Gasteiger partial charge in [0.15, 0.2) is 6.10 Å². The Balaban J connectivity index is 1.45. The van der Waals surface area contributed by atoms with Crippen LogP contribution in [0.5, 0.6) is 0 Å². The highest BCUT2D eigenvalue weighted by Crippen LogP contribution is 2.33. The molecular weight excluding hydrogens is 417 g/mol. The molecule has 1 heterocycles. The predicted octanol–water partition coefficient (Wildman–Crippen LogP) is 5.29. The second-order valence-corrected chi connectivity index (χ2v) is 8.10. The standard InChI is InChI=1S/C22H20ClF3N2O2/c23-18-8-6-15(7-9-18)20-11-19(30-27-20)13-28(21(29)16-4-5-16)12-14-2-1-3-17(10-14)22(24,25)26/h1-3,6-10,16,19H,4-5,11-13H2. The van der Waals surface area contributed by atoms with Gasteiger partial charge in [-0.1, -0.05) is 41.0 Å². The summed E-state index contributed by atoms with van der Waals surface area (Å²) >= 11 is 5.92. The summed E-state index contributed by atoms with van der Waals surface area (Å²) < 4.78 is 39.1. The molecule has 8 heteroatoms. The summed E-state index contributed by atoms with van der Waals surface area (Å²) in [5.74, 6) is -0.0928. The largest absolute Gasteiger partial charge is 0.416 e. The number of nitrogens with zero attached hydrogens (tertiary/aromatic N) is 2. The van der Waals surface area contributed by atoms with E-state index in [0.717, 1.165) is 36.2 Å². The molecule has 1 aliphatic carbocycles. The monoisotopic (exact) mass is 436 g/mol. The van der Waals surface area contributed by atoms with Gasteiger partial charge >= 0.3 is 6.18 Å². The van der Waals surface area contributed by atoms with Crippen molar-refractivity contribution in [1.82, 2.24) is 4.90 Å². The summed E-state index contributed by atoms with van der Waals surface area (Å²) in [6.45, 7) is 0.377. The summed E-state index contributed by atoms with van der Waals surface area (Å²) in [4.78, 5) is 19.9. The van der Waals surface area contributed by atoms with Gasteiger partial charge in [0, 0.05) is 23.9 Å². The SMILES string of the molecule is O=C(C1CC1)N(Cc1cccc(C(F)(F)F)c1)CC1CC(c2ccc(Cl)cc2)=NO1. The van der Waals surface area contributed by atoms with E-state index in [2.05, 4.69) is 5.16 Å². The lowest BCUT2D eigenvalue weighted by atomic mass is 10.0. The Labute approximate surface area is 177 Å². The summed E-state index contributed by atoms with van der Waals surface area (Å²) in [6.07, 6.45) is -2.62. The Hall–Kier alpha value is -2.54. The van der Waals surface area contributed by atoms with Crippen LogP contribution in [0.2, 0.25) is 5.02 Å². The number of alkyl halides is 3. The van der Waals surface area contributed by atoms with Crippen LogP contribution in [0.1, 0.15) is 36.0 Å². The molecule has 2 aliphatic rings. The van der Waals surface area contributed by atoms with Gasteiger partial charge in [-0.05, 0) is 48.2 Å². The lowest BCUT2D eigenvalue weighted by Crippen LogP contribution is -2.38. The summed E-state index contributed by atoms with van der Waals surface area (Å²) in [7, 11) is 0. The number of benzene rings is 2. The molecule has 1 saturated carbocycles. The number of hydrogen-bond donors (Lipinski definition) is 0. The zero-order chi connectivity index (χ0) is 21.3. The minimum atomic E-state index is -4.42. The minimum absolute atomic E-state index is 0.0454. The second-order valence-electron chi connectivity index (χ2n) is 7.67. The van der Waals surface area contributed by atoms with Gasteiger partial charge in [0.2, 0.25) is 5.91 Å². The molecule has 0 bridgehead atoms. The molecule has 2 aromatic rings. The number of halogens is 4. The molecule has 0 saturated heterocycles. The number of hydrogen-bond acceptors (Lipinski definition) is 3. The fourth-order valence-electron chi connectivity index (χ4n) is 3.47. The molecule has 2 aromatic carbocycles. The maximum absolute atomic E-state index is 13.0. The van der Waals surface area contributed by atoms with Gasteiger partial charge in [-0.3, -0.25) is 4.79 Å². The maximum Gasteiger partial charge on any atom is 0.416 e. The van der Waals surface area contributed by atoms with Crippen molar-refractivity contribution in [2.24, 2.45) is 11.1 Å². The van der Waals surface area contributed by atoms with E-state index in [-0.39, 0.29) is 31.0 Å². The highest BCUT2D eigenvalue weighted by atomic mass is 35.5. The number of amides is 1. The van der Waals surface area contributed by atoms with E-state index in [0.29, 0.717) is 17.0 Å². The predicted molar refractivity (Wildman–Crippen MR) is 107 cm³/mol. The van der Waals surface area contributed by atoms with E-state index >= 15 is 0 Å². The van der Waals surface area contributed by atoms with Crippen LogP contribution in [0, 0.1) is 5.92 Å². The third-order valence-corrected chi connectivity index (χ3v) is 5.45. The molecule has 4 rings (SSSR count). The summed E-state index contributed by atoms with van der Waals surface area (Å²) in [5, 5.41) is 4.75. The van der Waals surface area contributed by atoms with Gasteiger partial charge < -0.3 is 9.74 Å². The first-order valence-corrected chi connectivity index (χ1v) is 10.1.